The Labute approximate surface area is 165 Å². The summed E-state index contributed by atoms with van der Waals surface area (Å²) in [4.78, 5) is 19.1. The third-order valence-electron chi connectivity index (χ3n) is 5.84. The van der Waals surface area contributed by atoms with Gasteiger partial charge in [0.25, 0.3) is 0 Å². The Balaban J connectivity index is 1.40. The highest BCUT2D eigenvalue weighted by Crippen LogP contribution is 2.32. The summed E-state index contributed by atoms with van der Waals surface area (Å²) in [6.45, 7) is 1.54. The van der Waals surface area contributed by atoms with E-state index in [2.05, 4.69) is 10.1 Å². The smallest absolute Gasteiger partial charge is 0.225 e. The molecule has 150 valence electrons. The van der Waals surface area contributed by atoms with Gasteiger partial charge in [0.2, 0.25) is 5.91 Å². The fourth-order valence-electron chi connectivity index (χ4n) is 4.17. The Morgan fingerprint density at radius 3 is 2.75 bits per heavy atom. The molecule has 1 saturated carbocycles. The van der Waals surface area contributed by atoms with Gasteiger partial charge in [-0.05, 0) is 18.9 Å². The molecule has 0 aromatic carbocycles. The Hall–Kier alpha value is -2.25. The maximum Gasteiger partial charge on any atom is 0.225 e. The maximum absolute atomic E-state index is 12.8. The SMILES string of the molecule is Cn1cc(-c2ccc(C3CN(C(=O)CC4(O)CCCCC4)CCO3)nc2)cn1. The van der Waals surface area contributed by atoms with Gasteiger partial charge in [0, 0.05) is 37.1 Å². The molecule has 2 aromatic heterocycles. The zero-order valence-electron chi connectivity index (χ0n) is 16.4. The molecule has 1 atom stereocenters. The topological polar surface area (TPSA) is 80.5 Å². The second-order valence-corrected chi connectivity index (χ2v) is 8.04. The van der Waals surface area contributed by atoms with E-state index in [9.17, 15) is 9.90 Å². The van der Waals surface area contributed by atoms with Crippen molar-refractivity contribution in [1.29, 1.82) is 0 Å². The zero-order chi connectivity index (χ0) is 19.6. The van der Waals surface area contributed by atoms with Crippen LogP contribution in [-0.2, 0) is 16.6 Å². The number of morpholine rings is 1. The predicted octanol–water partition coefficient (Wildman–Crippen LogP) is 2.47. The van der Waals surface area contributed by atoms with Crippen molar-refractivity contribution >= 4 is 5.91 Å². The Bertz CT molecular complexity index is 811. The highest BCUT2D eigenvalue weighted by Gasteiger charge is 2.35. The molecule has 3 heterocycles. The largest absolute Gasteiger partial charge is 0.389 e. The van der Waals surface area contributed by atoms with Gasteiger partial charge in [-0.25, -0.2) is 0 Å². The molecule has 2 aromatic rings. The molecule has 2 fully saturated rings. The van der Waals surface area contributed by atoms with Crippen LogP contribution in [-0.4, -0.2) is 56.0 Å². The molecular formula is C21H28N4O3. The van der Waals surface area contributed by atoms with Gasteiger partial charge < -0.3 is 14.7 Å². The lowest BCUT2D eigenvalue weighted by Gasteiger charge is -2.37. The molecule has 4 rings (SSSR count). The number of aromatic nitrogens is 3. The highest BCUT2D eigenvalue weighted by molar-refractivity contribution is 5.77. The van der Waals surface area contributed by atoms with E-state index in [1.54, 1.807) is 4.68 Å². The molecule has 1 saturated heterocycles. The predicted molar refractivity (Wildman–Crippen MR) is 104 cm³/mol. The van der Waals surface area contributed by atoms with E-state index in [0.29, 0.717) is 19.7 Å². The minimum Gasteiger partial charge on any atom is -0.389 e. The van der Waals surface area contributed by atoms with Crippen molar-refractivity contribution in [2.45, 2.75) is 50.2 Å². The van der Waals surface area contributed by atoms with Crippen molar-refractivity contribution in [2.75, 3.05) is 19.7 Å². The second kappa shape index (κ2) is 8.01. The van der Waals surface area contributed by atoms with E-state index in [1.165, 1.54) is 0 Å². The van der Waals surface area contributed by atoms with Crippen molar-refractivity contribution in [3.05, 3.63) is 36.4 Å². The van der Waals surface area contributed by atoms with Gasteiger partial charge in [-0.1, -0.05) is 25.3 Å². The lowest BCUT2D eigenvalue weighted by Crippen LogP contribution is -2.46. The van der Waals surface area contributed by atoms with E-state index in [4.69, 9.17) is 4.74 Å². The van der Waals surface area contributed by atoms with Crippen molar-refractivity contribution in [2.24, 2.45) is 7.05 Å². The third kappa shape index (κ3) is 4.25. The Morgan fingerprint density at radius 1 is 1.25 bits per heavy atom. The monoisotopic (exact) mass is 384 g/mol. The van der Waals surface area contributed by atoms with E-state index in [-0.39, 0.29) is 18.4 Å². The minimum atomic E-state index is -0.827. The lowest BCUT2D eigenvalue weighted by molar-refractivity contribution is -0.145. The molecule has 0 bridgehead atoms. The molecule has 28 heavy (non-hydrogen) atoms. The standard InChI is InChI=1S/C21H28N4O3/c1-24-14-17(13-23-24)16-5-6-18(22-12-16)19-15-25(9-10-28-19)20(26)11-21(27)7-3-2-4-8-21/h5-6,12-14,19,27H,2-4,7-11,15H2,1H3. The fraction of sp³-hybridized carbons (Fsp3) is 0.571. The van der Waals surface area contributed by atoms with Crippen LogP contribution in [0.1, 0.15) is 50.3 Å². The first kappa shape index (κ1) is 19.1. The number of nitrogens with zero attached hydrogens (tertiary/aromatic N) is 4. The van der Waals surface area contributed by atoms with Gasteiger partial charge in [0.1, 0.15) is 6.10 Å². The van der Waals surface area contributed by atoms with Crippen molar-refractivity contribution in [3.8, 4) is 11.1 Å². The summed E-state index contributed by atoms with van der Waals surface area (Å²) >= 11 is 0. The van der Waals surface area contributed by atoms with E-state index >= 15 is 0 Å². The number of hydrogen-bond donors (Lipinski definition) is 1. The quantitative estimate of drug-likeness (QED) is 0.876. The number of carbonyl (C=O) groups excluding carboxylic acids is 1. The first-order valence-electron chi connectivity index (χ1n) is 10.1. The van der Waals surface area contributed by atoms with Gasteiger partial charge in [-0.15, -0.1) is 0 Å². The molecule has 1 aliphatic heterocycles. The average Bonchev–Trinajstić information content (AvgIpc) is 3.15. The highest BCUT2D eigenvalue weighted by atomic mass is 16.5. The normalized spacial score (nSPS) is 22.2. The second-order valence-electron chi connectivity index (χ2n) is 8.04. The third-order valence-corrected chi connectivity index (χ3v) is 5.84. The number of amides is 1. The van der Waals surface area contributed by atoms with Gasteiger partial charge in [0.15, 0.2) is 0 Å². The number of aliphatic hydroxyl groups is 1. The number of aryl methyl sites for hydroxylation is 1. The molecule has 0 radical (unpaired) electrons. The van der Waals surface area contributed by atoms with Crippen molar-refractivity contribution < 1.29 is 14.6 Å². The molecule has 0 spiro atoms. The zero-order valence-corrected chi connectivity index (χ0v) is 16.4. The Kier molecular flexibility index (Phi) is 5.46. The van der Waals surface area contributed by atoms with Crippen LogP contribution in [0.25, 0.3) is 11.1 Å². The van der Waals surface area contributed by atoms with E-state index in [1.807, 2.05) is 42.7 Å². The molecule has 1 amide bonds. The molecule has 2 aliphatic rings. The molecule has 1 aliphatic carbocycles. The number of pyridine rings is 1. The average molecular weight is 384 g/mol. The van der Waals surface area contributed by atoms with E-state index < -0.39 is 5.60 Å². The van der Waals surface area contributed by atoms with Crippen molar-refractivity contribution in [3.63, 3.8) is 0 Å². The molecule has 7 heteroatoms. The number of carbonyl (C=O) groups is 1. The summed E-state index contributed by atoms with van der Waals surface area (Å²) in [5.41, 5.74) is 2.01. The van der Waals surface area contributed by atoms with Crippen LogP contribution in [0.4, 0.5) is 0 Å². The van der Waals surface area contributed by atoms with Gasteiger partial charge in [-0.2, -0.15) is 5.10 Å². The van der Waals surface area contributed by atoms with Crippen LogP contribution in [0.2, 0.25) is 0 Å². The van der Waals surface area contributed by atoms with Crippen LogP contribution in [0, 0.1) is 0 Å². The minimum absolute atomic E-state index is 0.0182. The van der Waals surface area contributed by atoms with Crippen LogP contribution in [0.5, 0.6) is 0 Å². The summed E-state index contributed by atoms with van der Waals surface area (Å²) in [5.74, 6) is 0.0182. The molecular weight excluding hydrogens is 356 g/mol. The molecule has 1 unspecified atom stereocenters. The first-order valence-corrected chi connectivity index (χ1v) is 10.1. The maximum atomic E-state index is 12.8. The number of rotatable bonds is 4. The Morgan fingerprint density at radius 2 is 2.07 bits per heavy atom. The van der Waals surface area contributed by atoms with Crippen LogP contribution >= 0.6 is 0 Å². The van der Waals surface area contributed by atoms with E-state index in [0.717, 1.165) is 48.9 Å². The van der Waals surface area contributed by atoms with Crippen LogP contribution in [0.15, 0.2) is 30.7 Å². The number of ether oxygens (including phenoxy) is 1. The van der Waals surface area contributed by atoms with Gasteiger partial charge >= 0.3 is 0 Å². The lowest BCUT2D eigenvalue weighted by atomic mass is 9.82. The summed E-state index contributed by atoms with van der Waals surface area (Å²) < 4.78 is 7.64. The summed E-state index contributed by atoms with van der Waals surface area (Å²) in [6, 6.07) is 3.96. The summed E-state index contributed by atoms with van der Waals surface area (Å²) in [5, 5.41) is 14.9. The van der Waals surface area contributed by atoms with Gasteiger partial charge in [-0.3, -0.25) is 14.5 Å². The first-order chi connectivity index (χ1) is 13.5. The fourth-order valence-corrected chi connectivity index (χ4v) is 4.17. The van der Waals surface area contributed by atoms with Crippen LogP contribution in [0.3, 0.4) is 0 Å². The van der Waals surface area contributed by atoms with Crippen LogP contribution < -0.4 is 0 Å². The van der Waals surface area contributed by atoms with Crippen molar-refractivity contribution in [1.82, 2.24) is 19.7 Å². The molecule has 7 nitrogen and oxygen atoms in total. The number of hydrogen-bond acceptors (Lipinski definition) is 5. The summed E-state index contributed by atoms with van der Waals surface area (Å²) in [7, 11) is 1.89. The van der Waals surface area contributed by atoms with Gasteiger partial charge in [0.05, 0.1) is 37.1 Å². The molecule has 1 N–H and O–H groups in total. The summed E-state index contributed by atoms with van der Waals surface area (Å²) in [6.07, 6.45) is 10.2.